The van der Waals surface area contributed by atoms with Gasteiger partial charge in [-0.2, -0.15) is 5.26 Å². The number of carbonyl (C=O) groups is 3. The van der Waals surface area contributed by atoms with E-state index in [1.807, 2.05) is 81.3 Å². The van der Waals surface area contributed by atoms with Crippen molar-refractivity contribution in [1.29, 1.82) is 5.26 Å². The summed E-state index contributed by atoms with van der Waals surface area (Å²) in [7, 11) is 7.85. The third-order valence-electron chi connectivity index (χ3n) is 9.69. The fourth-order valence-electron chi connectivity index (χ4n) is 7.13. The van der Waals surface area contributed by atoms with Crippen molar-refractivity contribution in [2.45, 2.75) is 56.5 Å². The number of aromatic amines is 1. The quantitative estimate of drug-likeness (QED) is 0.193. The van der Waals surface area contributed by atoms with Crippen LogP contribution in [-0.2, 0) is 23.1 Å². The Morgan fingerprint density at radius 1 is 0.980 bits per heavy atom. The molecule has 1 saturated heterocycles. The van der Waals surface area contributed by atoms with Crippen LogP contribution >= 0.6 is 0 Å². The van der Waals surface area contributed by atoms with Gasteiger partial charge in [0.2, 0.25) is 5.91 Å². The summed E-state index contributed by atoms with van der Waals surface area (Å²) >= 11 is 0. The van der Waals surface area contributed by atoms with Crippen molar-refractivity contribution >= 4 is 17.7 Å². The highest BCUT2D eigenvalue weighted by molar-refractivity contribution is 5.95. The summed E-state index contributed by atoms with van der Waals surface area (Å²) in [5.74, 6) is 0.127. The first-order chi connectivity index (χ1) is 24.0. The van der Waals surface area contributed by atoms with Gasteiger partial charge in [0.05, 0.1) is 18.0 Å². The summed E-state index contributed by atoms with van der Waals surface area (Å²) in [6, 6.07) is 13.2. The molecule has 4 N–H and O–H groups in total. The number of amides is 3. The molecule has 2 heterocycles. The molecule has 50 heavy (non-hydrogen) atoms. The molecule has 0 saturated carbocycles. The average Bonchev–Trinajstić information content (AvgIpc) is 3.79. The van der Waals surface area contributed by atoms with Gasteiger partial charge in [-0.3, -0.25) is 14.4 Å². The molecule has 14 heteroatoms. The molecule has 3 aromatic rings. The maximum absolute atomic E-state index is 13.3. The van der Waals surface area contributed by atoms with E-state index in [4.69, 9.17) is 0 Å². The number of likely N-dealkylation sites (tertiary alicyclic amines) is 1. The van der Waals surface area contributed by atoms with E-state index in [2.05, 4.69) is 42.6 Å². The van der Waals surface area contributed by atoms with E-state index in [1.165, 1.54) is 0 Å². The van der Waals surface area contributed by atoms with E-state index in [1.54, 1.807) is 4.90 Å². The minimum atomic E-state index is -0.914. The molecule has 1 unspecified atom stereocenters. The van der Waals surface area contributed by atoms with Crippen LogP contribution in [0.2, 0.25) is 0 Å². The second-order valence-electron chi connectivity index (χ2n) is 13.9. The molecular weight excluding hydrogens is 634 g/mol. The zero-order valence-electron chi connectivity index (χ0n) is 29.8. The van der Waals surface area contributed by atoms with Crippen molar-refractivity contribution in [3.05, 3.63) is 75.6 Å². The van der Waals surface area contributed by atoms with Crippen LogP contribution in [0.25, 0.3) is 0 Å². The molecule has 2 atom stereocenters. The van der Waals surface area contributed by atoms with Crippen LogP contribution < -0.4 is 16.0 Å². The summed E-state index contributed by atoms with van der Waals surface area (Å²) in [6.07, 6.45) is 3.22. The first-order valence-electron chi connectivity index (χ1n) is 17.3. The van der Waals surface area contributed by atoms with Crippen molar-refractivity contribution in [1.82, 2.24) is 51.3 Å². The second kappa shape index (κ2) is 16.3. The largest absolute Gasteiger partial charge is 0.351 e. The molecule has 1 fully saturated rings. The van der Waals surface area contributed by atoms with Crippen molar-refractivity contribution in [2.24, 2.45) is 0 Å². The van der Waals surface area contributed by atoms with Crippen molar-refractivity contribution in [3.63, 3.8) is 0 Å². The fraction of sp³-hybridized carbons (Fsp3) is 0.528. The Hall–Kier alpha value is -4.71. The molecular formula is C36H49N11O3. The summed E-state index contributed by atoms with van der Waals surface area (Å²) in [5, 5.41) is 34.5. The molecule has 266 valence electrons. The van der Waals surface area contributed by atoms with Crippen LogP contribution in [-0.4, -0.2) is 133 Å². The van der Waals surface area contributed by atoms with Crippen LogP contribution in [0, 0.1) is 11.3 Å². The fourth-order valence-corrected chi connectivity index (χ4v) is 7.13. The highest BCUT2D eigenvalue weighted by Gasteiger charge is 2.45. The standard InChI is InChI=1S/C36H49N11O3/c1-24(40-23-32(48)47-16-6-7-29(47)22-37)21-36(35-41-43-44-42-35)30-12-10-27(33(49)38-14-17-45(2)3)19-25(30)8-9-26-20-28(11-13-31(26)36)34(50)39-15-18-46(4)5/h10-13,19-20,24,29,40H,6-9,14-18,21,23H2,1-5H3,(H,38,49)(H,39,50)(H,41,42,43,44)/t24-,29?/m1/s1. The van der Waals surface area contributed by atoms with Crippen LogP contribution in [0.15, 0.2) is 36.4 Å². The number of nitrogens with zero attached hydrogens (tertiary/aromatic N) is 7. The minimum Gasteiger partial charge on any atom is -0.351 e. The molecule has 2 aromatic carbocycles. The van der Waals surface area contributed by atoms with Gasteiger partial charge < -0.3 is 30.7 Å². The van der Waals surface area contributed by atoms with E-state index in [0.29, 0.717) is 62.3 Å². The minimum absolute atomic E-state index is 0.0852. The highest BCUT2D eigenvalue weighted by atomic mass is 16.2. The maximum Gasteiger partial charge on any atom is 0.251 e. The van der Waals surface area contributed by atoms with E-state index in [-0.39, 0.29) is 30.3 Å². The number of tetrazole rings is 1. The number of aryl methyl sites for hydroxylation is 2. The molecule has 5 rings (SSSR count). The summed E-state index contributed by atoms with van der Waals surface area (Å²) < 4.78 is 0. The van der Waals surface area contributed by atoms with E-state index in [9.17, 15) is 19.6 Å². The van der Waals surface area contributed by atoms with Gasteiger partial charge in [-0.05, 0) is 124 Å². The van der Waals surface area contributed by atoms with E-state index in [0.717, 1.165) is 41.8 Å². The molecule has 0 spiro atoms. The molecule has 1 aromatic heterocycles. The predicted octanol–water partition coefficient (Wildman–Crippen LogP) is 1.10. The molecule has 1 aliphatic carbocycles. The lowest BCUT2D eigenvalue weighted by atomic mass is 9.67. The molecule has 1 aliphatic heterocycles. The summed E-state index contributed by atoms with van der Waals surface area (Å²) in [5.41, 5.74) is 4.07. The van der Waals surface area contributed by atoms with Crippen LogP contribution in [0.4, 0.5) is 0 Å². The van der Waals surface area contributed by atoms with Gasteiger partial charge in [0.1, 0.15) is 6.04 Å². The topological polar surface area (TPSA) is 175 Å². The Morgan fingerprint density at radius 3 is 2.06 bits per heavy atom. The van der Waals surface area contributed by atoms with Crippen LogP contribution in [0.3, 0.4) is 0 Å². The third kappa shape index (κ3) is 8.18. The van der Waals surface area contributed by atoms with E-state index < -0.39 is 11.5 Å². The van der Waals surface area contributed by atoms with Gasteiger partial charge in [-0.15, -0.1) is 5.10 Å². The number of rotatable bonds is 14. The molecule has 14 nitrogen and oxygen atoms in total. The lowest BCUT2D eigenvalue weighted by molar-refractivity contribution is -0.130. The van der Waals surface area contributed by atoms with Crippen LogP contribution in [0.5, 0.6) is 0 Å². The molecule has 3 amide bonds. The number of aromatic nitrogens is 4. The third-order valence-corrected chi connectivity index (χ3v) is 9.69. The molecule has 0 radical (unpaired) electrons. The molecule has 2 aliphatic rings. The number of nitriles is 1. The Balaban J connectivity index is 1.53. The monoisotopic (exact) mass is 683 g/mol. The second-order valence-corrected chi connectivity index (χ2v) is 13.9. The number of carbonyl (C=O) groups excluding carboxylic acids is 3. The number of fused-ring (bicyclic) bond motifs is 2. The average molecular weight is 684 g/mol. The number of H-pyrrole nitrogens is 1. The van der Waals surface area contributed by atoms with Gasteiger partial charge in [0.25, 0.3) is 11.8 Å². The highest BCUT2D eigenvalue weighted by Crippen LogP contribution is 2.47. The Morgan fingerprint density at radius 2 is 1.56 bits per heavy atom. The Kier molecular flexibility index (Phi) is 11.9. The number of hydrogen-bond acceptors (Lipinski definition) is 10. The van der Waals surface area contributed by atoms with Gasteiger partial charge in [-0.1, -0.05) is 12.1 Å². The number of likely N-dealkylation sites (N-methyl/N-ethyl adjacent to an activating group) is 2. The smallest absolute Gasteiger partial charge is 0.251 e. The van der Waals surface area contributed by atoms with E-state index >= 15 is 0 Å². The predicted molar refractivity (Wildman–Crippen MR) is 189 cm³/mol. The normalized spacial score (nSPS) is 17.1. The van der Waals surface area contributed by atoms with Gasteiger partial charge >= 0.3 is 0 Å². The summed E-state index contributed by atoms with van der Waals surface area (Å²) in [4.78, 5) is 45.4. The van der Waals surface area contributed by atoms with Gasteiger partial charge in [-0.25, -0.2) is 5.10 Å². The Labute approximate surface area is 294 Å². The maximum atomic E-state index is 13.3. The molecule has 0 bridgehead atoms. The number of hydrogen-bond donors (Lipinski definition) is 4. The zero-order valence-corrected chi connectivity index (χ0v) is 29.8. The zero-order chi connectivity index (χ0) is 35.8. The first-order valence-corrected chi connectivity index (χ1v) is 17.3. The number of nitrogens with one attached hydrogen (secondary N) is 4. The van der Waals surface area contributed by atoms with Crippen molar-refractivity contribution < 1.29 is 14.4 Å². The summed E-state index contributed by atoms with van der Waals surface area (Å²) in [6.45, 7) is 5.18. The Bertz CT molecular complexity index is 1620. The lowest BCUT2D eigenvalue weighted by Gasteiger charge is -2.37. The first kappa shape index (κ1) is 36.6. The van der Waals surface area contributed by atoms with Gasteiger partial charge in [0.15, 0.2) is 5.82 Å². The van der Waals surface area contributed by atoms with Gasteiger partial charge in [0, 0.05) is 49.9 Å². The van der Waals surface area contributed by atoms with Crippen LogP contribution in [0.1, 0.15) is 75.0 Å². The number of benzene rings is 2. The van der Waals surface area contributed by atoms with Crippen molar-refractivity contribution in [2.75, 3.05) is 67.5 Å². The van der Waals surface area contributed by atoms with Crippen molar-refractivity contribution in [3.8, 4) is 6.07 Å². The SMILES string of the molecule is C[C@H](CC1(c2nnn[nH]2)c2ccc(C(=O)NCCN(C)C)cc2CCc2cc(C(=O)NCCN(C)C)ccc21)NCC(=O)N1CCCC1C#N. The lowest BCUT2D eigenvalue weighted by Crippen LogP contribution is -2.45.